The smallest absolute Gasteiger partial charge is 0.306 e. The Balaban J connectivity index is 1.65. The number of hydrogen-bond donors (Lipinski definition) is 0. The average Bonchev–Trinajstić information content (AvgIpc) is 3.84. The van der Waals surface area contributed by atoms with Gasteiger partial charge >= 0.3 is 11.9 Å². The molecule has 0 bridgehead atoms. The van der Waals surface area contributed by atoms with Gasteiger partial charge in [-0.15, -0.1) is 0 Å². The van der Waals surface area contributed by atoms with Gasteiger partial charge in [-0.05, 0) is 37.0 Å². The first-order valence-electron chi connectivity index (χ1n) is 19.9. The zero-order valence-electron chi connectivity index (χ0n) is 33.0. The number of epoxide rings is 1. The highest BCUT2D eigenvalue weighted by Gasteiger charge is 2.38. The van der Waals surface area contributed by atoms with Crippen molar-refractivity contribution in [3.8, 4) is 5.75 Å². The topological polar surface area (TPSA) is 133 Å². The van der Waals surface area contributed by atoms with Crippen LogP contribution in [0.3, 0.4) is 0 Å². The summed E-state index contributed by atoms with van der Waals surface area (Å²) in [7, 11) is 2.73. The molecule has 0 aromatic heterocycles. The number of rotatable bonds is 33. The fourth-order valence-electron chi connectivity index (χ4n) is 5.95. The van der Waals surface area contributed by atoms with Crippen LogP contribution in [-0.4, -0.2) is 89.4 Å². The number of hydrogen-bond acceptors (Lipinski definition) is 10. The fourth-order valence-corrected chi connectivity index (χ4v) is 6.68. The molecule has 300 valence electrons. The maximum Gasteiger partial charge on any atom is 0.306 e. The molecule has 1 heterocycles. The molecule has 52 heavy (non-hydrogen) atoms. The van der Waals surface area contributed by atoms with Crippen LogP contribution >= 0.6 is 7.82 Å². The minimum Gasteiger partial charge on any atom is -0.756 e. The summed E-state index contributed by atoms with van der Waals surface area (Å²) >= 11 is 0. The number of carbonyl (C=O) groups excluding carboxylic acids is 2. The number of phosphoric acid groups is 1. The van der Waals surface area contributed by atoms with Gasteiger partial charge in [-0.2, -0.15) is 0 Å². The molecule has 1 aliphatic heterocycles. The van der Waals surface area contributed by atoms with E-state index in [1.54, 1.807) is 7.11 Å². The summed E-state index contributed by atoms with van der Waals surface area (Å²) in [5.41, 5.74) is 1.15. The van der Waals surface area contributed by atoms with Crippen molar-refractivity contribution in [3.63, 3.8) is 0 Å². The molecule has 0 radical (unpaired) electrons. The Morgan fingerprint density at radius 3 is 1.88 bits per heavy atom. The van der Waals surface area contributed by atoms with Crippen molar-refractivity contribution in [2.45, 2.75) is 154 Å². The predicted molar refractivity (Wildman–Crippen MR) is 202 cm³/mol. The van der Waals surface area contributed by atoms with E-state index in [1.165, 1.54) is 77.0 Å². The van der Waals surface area contributed by atoms with Gasteiger partial charge in [0.05, 0.1) is 47.1 Å². The van der Waals surface area contributed by atoms with Crippen molar-refractivity contribution in [2.24, 2.45) is 0 Å². The lowest BCUT2D eigenvalue weighted by molar-refractivity contribution is -0.870. The van der Waals surface area contributed by atoms with Crippen LogP contribution in [-0.2, 0) is 43.8 Å². The summed E-state index contributed by atoms with van der Waals surface area (Å²) in [5, 5.41) is 0. The van der Waals surface area contributed by atoms with Crippen LogP contribution in [0, 0.1) is 0 Å². The lowest BCUT2D eigenvalue weighted by Crippen LogP contribution is -2.37. The Hall–Kier alpha value is -2.01. The number of benzene rings is 1. The van der Waals surface area contributed by atoms with Crippen molar-refractivity contribution in [2.75, 3.05) is 54.6 Å². The molecule has 0 aliphatic carbocycles. The number of unbranched alkanes of at least 4 members (excludes halogenated alkanes) is 14. The normalized spacial score (nSPS) is 17.3. The molecule has 11 nitrogen and oxygen atoms in total. The Morgan fingerprint density at radius 2 is 1.33 bits per heavy atom. The van der Waals surface area contributed by atoms with Crippen molar-refractivity contribution in [1.29, 1.82) is 0 Å². The SMILES string of the molecule is CCCCCCCCCCCCCCCCCC(=O)OC[C@H](COP(=O)([O-])OCC[N+](C)(C)C)OC(=O)CCCC1OC1Cc1ccc(OC)cc1. The molecule has 2 rings (SSSR count). The molecule has 1 aromatic carbocycles. The molecule has 4 atom stereocenters. The third kappa shape index (κ3) is 24.3. The predicted octanol–water partition coefficient (Wildman–Crippen LogP) is 8.10. The van der Waals surface area contributed by atoms with Gasteiger partial charge < -0.3 is 37.4 Å². The summed E-state index contributed by atoms with van der Waals surface area (Å²) in [6.07, 6.45) is 20.1. The zero-order chi connectivity index (χ0) is 38.1. The fraction of sp³-hybridized carbons (Fsp3) is 0.800. The quantitative estimate of drug-likeness (QED) is 0.0228. The number of methoxy groups -OCH3 is 1. The Morgan fingerprint density at radius 1 is 0.769 bits per heavy atom. The third-order valence-corrected chi connectivity index (χ3v) is 10.3. The van der Waals surface area contributed by atoms with Crippen LogP contribution in [0.1, 0.15) is 134 Å². The summed E-state index contributed by atoms with van der Waals surface area (Å²) in [6.45, 7) is 1.86. The minimum atomic E-state index is -4.65. The first-order chi connectivity index (χ1) is 24.9. The van der Waals surface area contributed by atoms with E-state index < -0.39 is 32.5 Å². The van der Waals surface area contributed by atoms with Crippen LogP contribution in [0.15, 0.2) is 24.3 Å². The van der Waals surface area contributed by atoms with Gasteiger partial charge in [-0.25, -0.2) is 0 Å². The van der Waals surface area contributed by atoms with Gasteiger partial charge in [0.25, 0.3) is 7.82 Å². The molecular weight excluding hydrogens is 685 g/mol. The van der Waals surface area contributed by atoms with Crippen molar-refractivity contribution in [1.82, 2.24) is 0 Å². The van der Waals surface area contributed by atoms with Gasteiger partial charge in [-0.1, -0.05) is 109 Å². The van der Waals surface area contributed by atoms with Crippen LogP contribution in [0.5, 0.6) is 5.75 Å². The van der Waals surface area contributed by atoms with E-state index >= 15 is 0 Å². The molecule has 3 unspecified atom stereocenters. The minimum absolute atomic E-state index is 0.0499. The molecule has 0 saturated carbocycles. The third-order valence-electron chi connectivity index (χ3n) is 9.30. The molecule has 12 heteroatoms. The van der Waals surface area contributed by atoms with Crippen LogP contribution < -0.4 is 9.63 Å². The van der Waals surface area contributed by atoms with E-state index in [-0.39, 0.29) is 38.3 Å². The van der Waals surface area contributed by atoms with E-state index in [0.717, 1.165) is 37.0 Å². The molecule has 1 aliphatic rings. The molecular formula is C40H70NO10P. The lowest BCUT2D eigenvalue weighted by Gasteiger charge is -2.28. The highest BCUT2D eigenvalue weighted by Crippen LogP contribution is 2.38. The van der Waals surface area contributed by atoms with Gasteiger partial charge in [0.1, 0.15) is 25.5 Å². The summed E-state index contributed by atoms with van der Waals surface area (Å²) in [5.74, 6) is -0.125. The maximum atomic E-state index is 12.7. The largest absolute Gasteiger partial charge is 0.756 e. The number of nitrogens with zero attached hydrogens (tertiary/aromatic N) is 1. The molecule has 0 amide bonds. The van der Waals surface area contributed by atoms with Gasteiger partial charge in [0.2, 0.25) is 0 Å². The number of esters is 2. The molecule has 0 N–H and O–H groups in total. The zero-order valence-corrected chi connectivity index (χ0v) is 33.9. The van der Waals surface area contributed by atoms with Crippen LogP contribution in [0.4, 0.5) is 0 Å². The molecule has 1 saturated heterocycles. The number of ether oxygens (including phenoxy) is 4. The molecule has 1 aromatic rings. The first kappa shape index (κ1) is 46.1. The second-order valence-corrected chi connectivity index (χ2v) is 16.7. The summed E-state index contributed by atoms with van der Waals surface area (Å²) in [6, 6.07) is 7.87. The highest BCUT2D eigenvalue weighted by atomic mass is 31.2. The second kappa shape index (κ2) is 26.7. The number of quaternary nitrogens is 1. The van der Waals surface area contributed by atoms with E-state index in [0.29, 0.717) is 23.9 Å². The lowest BCUT2D eigenvalue weighted by atomic mass is 10.0. The Labute approximate surface area is 314 Å². The Kier molecular flexibility index (Phi) is 23.7. The van der Waals surface area contributed by atoms with Crippen LogP contribution in [0.25, 0.3) is 0 Å². The van der Waals surface area contributed by atoms with Gasteiger partial charge in [0.15, 0.2) is 6.10 Å². The Bertz CT molecular complexity index is 1140. The maximum absolute atomic E-state index is 12.7. The van der Waals surface area contributed by atoms with Gasteiger partial charge in [0, 0.05) is 19.3 Å². The molecule has 1 fully saturated rings. The van der Waals surface area contributed by atoms with Crippen molar-refractivity contribution < 1.29 is 51.5 Å². The van der Waals surface area contributed by atoms with E-state index in [2.05, 4.69) is 6.92 Å². The number of carbonyl (C=O) groups is 2. The van der Waals surface area contributed by atoms with Crippen molar-refractivity contribution in [3.05, 3.63) is 29.8 Å². The molecule has 0 spiro atoms. The second-order valence-electron chi connectivity index (χ2n) is 15.2. The highest BCUT2D eigenvalue weighted by molar-refractivity contribution is 7.45. The first-order valence-corrected chi connectivity index (χ1v) is 21.4. The monoisotopic (exact) mass is 755 g/mol. The summed E-state index contributed by atoms with van der Waals surface area (Å²) in [4.78, 5) is 37.6. The number of phosphoric ester groups is 1. The van der Waals surface area contributed by atoms with E-state index in [9.17, 15) is 19.0 Å². The van der Waals surface area contributed by atoms with Crippen molar-refractivity contribution >= 4 is 19.8 Å². The average molecular weight is 756 g/mol. The van der Waals surface area contributed by atoms with E-state index in [1.807, 2.05) is 45.4 Å². The number of likely N-dealkylation sites (N-methyl/N-ethyl adjacent to an activating group) is 1. The van der Waals surface area contributed by atoms with Crippen LogP contribution in [0.2, 0.25) is 0 Å². The van der Waals surface area contributed by atoms with E-state index in [4.69, 9.17) is 28.0 Å². The van der Waals surface area contributed by atoms with Gasteiger partial charge in [-0.3, -0.25) is 14.2 Å². The summed E-state index contributed by atoms with van der Waals surface area (Å²) < 4.78 is 44.8. The standard InChI is InChI=1S/C40H70NO10P/c1-6-7-8-9-10-11-12-13-14-15-16-17-18-19-20-23-39(42)47-32-36(33-49-52(44,45)48-30-29-41(2,3)4)50-40(43)24-21-22-37-38(51-37)31-34-25-27-35(46-5)28-26-34/h25-28,36-38H,6-24,29-33H2,1-5H3/t36-,37?,38?/m1/s1.